The van der Waals surface area contributed by atoms with Crippen LogP contribution in [0.3, 0.4) is 0 Å². The summed E-state index contributed by atoms with van der Waals surface area (Å²) in [5.41, 5.74) is 4.42. The number of hydrogen-bond donors (Lipinski definition) is 1. The van der Waals surface area contributed by atoms with Gasteiger partial charge in [0.05, 0.1) is 36.0 Å². The predicted octanol–water partition coefficient (Wildman–Crippen LogP) is 3.19. The number of benzene rings is 2. The highest BCUT2D eigenvalue weighted by Crippen LogP contribution is 2.27. The molecule has 0 aliphatic carbocycles. The Morgan fingerprint density at radius 3 is 3.00 bits per heavy atom. The van der Waals surface area contributed by atoms with E-state index in [9.17, 15) is 4.79 Å². The molecule has 1 amide bonds. The molecule has 1 N–H and O–H groups in total. The fourth-order valence-electron chi connectivity index (χ4n) is 3.15. The monoisotopic (exact) mass is 341 g/mol. The predicted molar refractivity (Wildman–Crippen MR) is 91.8 cm³/mol. The maximum atomic E-state index is 12.6. The number of carbonyl (C=O) groups excluding carboxylic acids is 1. The average molecular weight is 342 g/mol. The maximum absolute atomic E-state index is 12.6. The van der Waals surface area contributed by atoms with E-state index in [0.717, 1.165) is 27.7 Å². The van der Waals surface area contributed by atoms with Crippen molar-refractivity contribution in [1.29, 1.82) is 0 Å². The van der Waals surface area contributed by atoms with Crippen LogP contribution in [0, 0.1) is 0 Å². The van der Waals surface area contributed by atoms with Gasteiger partial charge in [0.1, 0.15) is 0 Å². The minimum absolute atomic E-state index is 0.122. The van der Waals surface area contributed by atoms with Gasteiger partial charge in [-0.05, 0) is 29.3 Å². The van der Waals surface area contributed by atoms with Crippen LogP contribution in [0.4, 0.5) is 0 Å². The lowest BCUT2D eigenvalue weighted by Gasteiger charge is -2.08. The second-order valence-electron chi connectivity index (χ2n) is 5.82. The summed E-state index contributed by atoms with van der Waals surface area (Å²) < 4.78 is 7.21. The van der Waals surface area contributed by atoms with Crippen LogP contribution >= 0.6 is 11.6 Å². The first-order valence-corrected chi connectivity index (χ1v) is 8.10. The highest BCUT2D eigenvalue weighted by atomic mass is 35.5. The molecule has 2 heterocycles. The summed E-state index contributed by atoms with van der Waals surface area (Å²) in [6.07, 6.45) is 0. The number of aryl methyl sites for hydroxylation is 1. The number of nitrogens with zero attached hydrogens (tertiary/aromatic N) is 2. The summed E-state index contributed by atoms with van der Waals surface area (Å²) in [7, 11) is 1.87. The van der Waals surface area contributed by atoms with Gasteiger partial charge in [0.2, 0.25) is 0 Å². The molecule has 1 aliphatic heterocycles. The number of rotatable bonds is 3. The van der Waals surface area contributed by atoms with Crippen molar-refractivity contribution in [3.63, 3.8) is 0 Å². The fraction of sp³-hybridized carbons (Fsp3) is 0.222. The summed E-state index contributed by atoms with van der Waals surface area (Å²) in [5.74, 6) is -0.122. The molecule has 0 bridgehead atoms. The zero-order valence-corrected chi connectivity index (χ0v) is 13.9. The number of hydrogen-bond acceptors (Lipinski definition) is 3. The van der Waals surface area contributed by atoms with Crippen LogP contribution in [0.15, 0.2) is 36.4 Å². The van der Waals surface area contributed by atoms with Crippen LogP contribution in [0.1, 0.15) is 27.2 Å². The average Bonchev–Trinajstić information content (AvgIpc) is 3.18. The largest absolute Gasteiger partial charge is 0.372 e. The molecule has 5 nitrogen and oxygen atoms in total. The van der Waals surface area contributed by atoms with Crippen molar-refractivity contribution in [1.82, 2.24) is 15.1 Å². The first kappa shape index (κ1) is 15.2. The van der Waals surface area contributed by atoms with E-state index in [1.165, 1.54) is 0 Å². The van der Waals surface area contributed by atoms with E-state index in [2.05, 4.69) is 10.4 Å². The van der Waals surface area contributed by atoms with Crippen LogP contribution in [0.2, 0.25) is 5.02 Å². The molecule has 1 aliphatic rings. The van der Waals surface area contributed by atoms with Crippen molar-refractivity contribution in [3.8, 4) is 0 Å². The number of ether oxygens (including phenoxy) is 1. The molecule has 6 heteroatoms. The first-order chi connectivity index (χ1) is 11.6. The second kappa shape index (κ2) is 5.92. The van der Waals surface area contributed by atoms with Gasteiger partial charge < -0.3 is 10.1 Å². The molecule has 24 heavy (non-hydrogen) atoms. The Morgan fingerprint density at radius 1 is 1.29 bits per heavy atom. The molecule has 0 saturated heterocycles. The van der Waals surface area contributed by atoms with Crippen molar-refractivity contribution in [3.05, 3.63) is 63.8 Å². The third-order valence-corrected chi connectivity index (χ3v) is 4.65. The molecule has 4 rings (SSSR count). The van der Waals surface area contributed by atoms with Gasteiger partial charge in [-0.1, -0.05) is 29.8 Å². The van der Waals surface area contributed by atoms with Crippen molar-refractivity contribution in [2.45, 2.75) is 19.8 Å². The SMILES string of the molecule is Cn1nc(CNC(=O)c2cccc3c2COC3)c2c(Cl)cccc21. The highest BCUT2D eigenvalue weighted by molar-refractivity contribution is 6.35. The van der Waals surface area contributed by atoms with Crippen molar-refractivity contribution < 1.29 is 9.53 Å². The van der Waals surface area contributed by atoms with Crippen LogP contribution in [-0.2, 0) is 31.5 Å². The number of fused-ring (bicyclic) bond motifs is 2. The Bertz CT molecular complexity index is 949. The Morgan fingerprint density at radius 2 is 2.12 bits per heavy atom. The van der Waals surface area contributed by atoms with E-state index in [0.29, 0.717) is 30.3 Å². The van der Waals surface area contributed by atoms with Gasteiger partial charge in [0, 0.05) is 18.0 Å². The second-order valence-corrected chi connectivity index (χ2v) is 6.23. The Labute approximate surface area is 144 Å². The lowest BCUT2D eigenvalue weighted by Crippen LogP contribution is -2.24. The molecule has 0 spiro atoms. The maximum Gasteiger partial charge on any atom is 0.251 e. The number of halogens is 1. The van der Waals surface area contributed by atoms with E-state index >= 15 is 0 Å². The minimum atomic E-state index is -0.122. The van der Waals surface area contributed by atoms with Crippen molar-refractivity contribution in [2.24, 2.45) is 7.05 Å². The summed E-state index contributed by atoms with van der Waals surface area (Å²) >= 11 is 6.30. The quantitative estimate of drug-likeness (QED) is 0.796. The number of aromatic nitrogens is 2. The molecule has 0 fully saturated rings. The first-order valence-electron chi connectivity index (χ1n) is 7.72. The van der Waals surface area contributed by atoms with Crippen molar-refractivity contribution >= 4 is 28.4 Å². The summed E-state index contributed by atoms with van der Waals surface area (Å²) in [4.78, 5) is 12.6. The van der Waals surface area contributed by atoms with Crippen molar-refractivity contribution in [2.75, 3.05) is 0 Å². The third-order valence-electron chi connectivity index (χ3n) is 4.34. The normalized spacial score (nSPS) is 13.2. The van der Waals surface area contributed by atoms with Gasteiger partial charge in [-0.25, -0.2) is 0 Å². The lowest BCUT2D eigenvalue weighted by molar-refractivity contribution is 0.0945. The standard InChI is InChI=1S/C18H16ClN3O2/c1-22-16-7-3-6-14(19)17(16)15(21-22)8-20-18(23)12-5-2-4-11-9-24-10-13(11)12/h2-7H,8-10H2,1H3,(H,20,23). The van der Waals surface area contributed by atoms with Crippen LogP contribution in [-0.4, -0.2) is 15.7 Å². The Balaban J connectivity index is 1.60. The smallest absolute Gasteiger partial charge is 0.251 e. The van der Waals surface area contributed by atoms with E-state index in [4.69, 9.17) is 16.3 Å². The number of amides is 1. The third kappa shape index (κ3) is 2.46. The minimum Gasteiger partial charge on any atom is -0.372 e. The van der Waals surface area contributed by atoms with E-state index in [-0.39, 0.29) is 5.91 Å². The summed E-state index contributed by atoms with van der Waals surface area (Å²) in [6, 6.07) is 11.4. The molecule has 3 aromatic rings. The zero-order chi connectivity index (χ0) is 16.7. The van der Waals surface area contributed by atoms with E-state index < -0.39 is 0 Å². The zero-order valence-electron chi connectivity index (χ0n) is 13.2. The number of carbonyl (C=O) groups is 1. The molecule has 122 valence electrons. The topological polar surface area (TPSA) is 56.2 Å². The lowest BCUT2D eigenvalue weighted by atomic mass is 10.0. The molecule has 1 aromatic heterocycles. The van der Waals surface area contributed by atoms with E-state index in [1.54, 1.807) is 4.68 Å². The van der Waals surface area contributed by atoms with Gasteiger partial charge in [0.15, 0.2) is 0 Å². The van der Waals surface area contributed by atoms with Gasteiger partial charge in [-0.3, -0.25) is 9.48 Å². The Hall–Kier alpha value is -2.37. The van der Waals surface area contributed by atoms with Gasteiger partial charge in [0.25, 0.3) is 5.91 Å². The molecule has 0 unspecified atom stereocenters. The van der Waals surface area contributed by atoms with Crippen LogP contribution < -0.4 is 5.32 Å². The van der Waals surface area contributed by atoms with Gasteiger partial charge in [-0.15, -0.1) is 0 Å². The Kier molecular flexibility index (Phi) is 3.75. The van der Waals surface area contributed by atoms with Gasteiger partial charge >= 0.3 is 0 Å². The van der Waals surface area contributed by atoms with E-state index in [1.807, 2.05) is 43.4 Å². The molecular weight excluding hydrogens is 326 g/mol. The fourth-order valence-corrected chi connectivity index (χ4v) is 3.43. The van der Waals surface area contributed by atoms with Gasteiger partial charge in [-0.2, -0.15) is 5.10 Å². The summed E-state index contributed by atoms with van der Waals surface area (Å²) in [5, 5.41) is 8.95. The molecule has 0 atom stereocenters. The molecule has 2 aromatic carbocycles. The number of nitrogens with one attached hydrogen (secondary N) is 1. The molecule has 0 saturated carbocycles. The van der Waals surface area contributed by atoms with Crippen LogP contribution in [0.25, 0.3) is 10.9 Å². The molecular formula is C18H16ClN3O2. The highest BCUT2D eigenvalue weighted by Gasteiger charge is 2.20. The molecule has 0 radical (unpaired) electrons. The van der Waals surface area contributed by atoms with Crippen LogP contribution in [0.5, 0.6) is 0 Å². The summed E-state index contributed by atoms with van der Waals surface area (Å²) in [6.45, 7) is 1.37.